The monoisotopic (exact) mass is 522 g/mol. The van der Waals surface area contributed by atoms with Crippen molar-refractivity contribution in [1.29, 1.82) is 0 Å². The molecule has 1 fully saturated rings. The van der Waals surface area contributed by atoms with E-state index in [0.29, 0.717) is 42.9 Å². The molecule has 0 spiro atoms. The molecule has 0 saturated carbocycles. The van der Waals surface area contributed by atoms with E-state index in [-0.39, 0.29) is 18.4 Å². The Morgan fingerprint density at radius 1 is 1.08 bits per heavy atom. The Kier molecular flexibility index (Phi) is 9.38. The number of aryl methyl sites for hydroxylation is 1. The van der Waals surface area contributed by atoms with Gasteiger partial charge in [0.25, 0.3) is 0 Å². The van der Waals surface area contributed by atoms with Crippen molar-refractivity contribution in [3.8, 4) is 17.2 Å². The van der Waals surface area contributed by atoms with Crippen molar-refractivity contribution in [2.45, 2.75) is 57.2 Å². The molecule has 0 aromatic heterocycles. The number of epoxide rings is 1. The van der Waals surface area contributed by atoms with E-state index < -0.39 is 48.5 Å². The van der Waals surface area contributed by atoms with E-state index in [1.807, 2.05) is 19.9 Å². The van der Waals surface area contributed by atoms with Gasteiger partial charge in [0.1, 0.15) is 6.04 Å². The minimum absolute atomic E-state index is 0.0683. The van der Waals surface area contributed by atoms with Crippen LogP contribution in [0.15, 0.2) is 6.07 Å². The average Bonchev–Trinajstić information content (AvgIpc) is 3.70. The van der Waals surface area contributed by atoms with Crippen LogP contribution in [0.2, 0.25) is 0 Å². The van der Waals surface area contributed by atoms with Gasteiger partial charge >= 0.3 is 0 Å². The third-order valence-electron chi connectivity index (χ3n) is 6.96. The summed E-state index contributed by atoms with van der Waals surface area (Å²) in [5.41, 5.74) is 0.534. The molecule has 1 heterocycles. The lowest BCUT2D eigenvalue weighted by molar-refractivity contribution is -0.135. The molecule has 11 heteroatoms. The molecule has 2 aliphatic rings. The van der Waals surface area contributed by atoms with Crippen LogP contribution in [-0.2, 0) is 32.0 Å². The maximum atomic E-state index is 13.2. The van der Waals surface area contributed by atoms with Crippen LogP contribution in [0, 0.1) is 11.8 Å². The van der Waals surface area contributed by atoms with Crippen LogP contribution in [0.4, 0.5) is 0 Å². The van der Waals surface area contributed by atoms with E-state index in [9.17, 15) is 24.6 Å². The minimum Gasteiger partial charge on any atom is -0.493 e. The maximum absolute atomic E-state index is 13.2. The lowest BCUT2D eigenvalue weighted by atomic mass is 9.82. The van der Waals surface area contributed by atoms with E-state index in [4.69, 9.17) is 18.9 Å². The number of hydrogen-bond donors (Lipinski definition) is 4. The Morgan fingerprint density at radius 2 is 1.76 bits per heavy atom. The molecular formula is C26H38N2O9. The number of carbonyl (C=O) groups excluding carboxylic acids is 3. The van der Waals surface area contributed by atoms with Crippen molar-refractivity contribution in [2.75, 3.05) is 41.2 Å². The second-order valence-corrected chi connectivity index (χ2v) is 9.96. The minimum atomic E-state index is -1.29. The molecule has 0 radical (unpaired) electrons. The highest BCUT2D eigenvalue weighted by molar-refractivity contribution is 5.98. The van der Waals surface area contributed by atoms with Crippen LogP contribution in [0.1, 0.15) is 37.8 Å². The van der Waals surface area contributed by atoms with E-state index in [1.165, 1.54) is 14.2 Å². The molecule has 4 N–H and O–H groups in total. The number of hydrogen-bond acceptors (Lipinski definition) is 9. The fourth-order valence-electron chi connectivity index (χ4n) is 4.79. The third kappa shape index (κ3) is 6.16. The summed E-state index contributed by atoms with van der Waals surface area (Å²) in [7, 11) is 4.58. The zero-order valence-electron chi connectivity index (χ0n) is 22.1. The fraction of sp³-hybridized carbons (Fsp3) is 0.654. The molecule has 1 aromatic carbocycles. The smallest absolute Gasteiger partial charge is 0.245 e. The highest BCUT2D eigenvalue weighted by Crippen LogP contribution is 2.45. The summed E-state index contributed by atoms with van der Waals surface area (Å²) in [5, 5.41) is 24.7. The molecule has 206 valence electrons. The number of rotatable bonds is 13. The van der Waals surface area contributed by atoms with E-state index in [0.717, 1.165) is 11.1 Å². The van der Waals surface area contributed by atoms with Crippen LogP contribution in [-0.4, -0.2) is 86.6 Å². The fourth-order valence-corrected chi connectivity index (χ4v) is 4.79. The highest BCUT2D eigenvalue weighted by Gasteiger charge is 2.54. The number of methoxy groups -OCH3 is 3. The number of nitrogens with one attached hydrogen (secondary N) is 2. The van der Waals surface area contributed by atoms with Gasteiger partial charge < -0.3 is 39.8 Å². The van der Waals surface area contributed by atoms with E-state index in [2.05, 4.69) is 10.6 Å². The summed E-state index contributed by atoms with van der Waals surface area (Å²) >= 11 is 0. The third-order valence-corrected chi connectivity index (χ3v) is 6.96. The predicted octanol–water partition coefficient (Wildman–Crippen LogP) is 0.156. The van der Waals surface area contributed by atoms with Crippen molar-refractivity contribution in [2.24, 2.45) is 11.8 Å². The van der Waals surface area contributed by atoms with Gasteiger partial charge in [-0.05, 0) is 43.2 Å². The first-order valence-corrected chi connectivity index (χ1v) is 12.5. The molecule has 37 heavy (non-hydrogen) atoms. The topological polar surface area (TPSA) is 156 Å². The molecular weight excluding hydrogens is 484 g/mol. The van der Waals surface area contributed by atoms with Crippen molar-refractivity contribution >= 4 is 17.6 Å². The van der Waals surface area contributed by atoms with Crippen LogP contribution in [0.3, 0.4) is 0 Å². The highest BCUT2D eigenvalue weighted by atomic mass is 16.6. The van der Waals surface area contributed by atoms with Gasteiger partial charge in [-0.25, -0.2) is 0 Å². The summed E-state index contributed by atoms with van der Waals surface area (Å²) in [6, 6.07) is -0.279. The number of benzene rings is 1. The first-order valence-electron chi connectivity index (χ1n) is 12.5. The molecule has 3 rings (SSSR count). The van der Waals surface area contributed by atoms with Gasteiger partial charge in [-0.3, -0.25) is 14.4 Å². The molecule has 1 aromatic rings. The van der Waals surface area contributed by atoms with Crippen molar-refractivity contribution < 1.29 is 43.5 Å². The van der Waals surface area contributed by atoms with Crippen molar-refractivity contribution in [3.63, 3.8) is 0 Å². The molecule has 4 atom stereocenters. The van der Waals surface area contributed by atoms with Gasteiger partial charge in [0.15, 0.2) is 22.9 Å². The van der Waals surface area contributed by atoms with Gasteiger partial charge in [-0.1, -0.05) is 13.8 Å². The van der Waals surface area contributed by atoms with Crippen LogP contribution < -0.4 is 24.8 Å². The van der Waals surface area contributed by atoms with Crippen LogP contribution >= 0.6 is 0 Å². The molecule has 0 bridgehead atoms. The second kappa shape index (κ2) is 12.1. The maximum Gasteiger partial charge on any atom is 0.245 e. The summed E-state index contributed by atoms with van der Waals surface area (Å²) in [5.74, 6) is -0.390. The quantitative estimate of drug-likeness (QED) is 0.265. The van der Waals surface area contributed by atoms with E-state index in [1.54, 1.807) is 7.11 Å². The van der Waals surface area contributed by atoms with Gasteiger partial charge in [-0.15, -0.1) is 0 Å². The Labute approximate surface area is 216 Å². The number of Topliss-reactive ketones (excluding diaryl/α,β-unsaturated/α-hetero) is 1. The lowest BCUT2D eigenvalue weighted by Gasteiger charge is -2.29. The number of aliphatic hydroxyl groups is 2. The number of ether oxygens (including phenoxy) is 4. The van der Waals surface area contributed by atoms with Crippen LogP contribution in [0.5, 0.6) is 17.2 Å². The normalized spacial score (nSPS) is 21.9. The molecule has 11 nitrogen and oxygen atoms in total. The molecule has 1 aliphatic heterocycles. The van der Waals surface area contributed by atoms with Crippen molar-refractivity contribution in [3.05, 3.63) is 17.2 Å². The summed E-state index contributed by atoms with van der Waals surface area (Å²) < 4.78 is 21.6. The summed E-state index contributed by atoms with van der Waals surface area (Å²) in [6.45, 7) is 2.78. The molecule has 2 amide bonds. The van der Waals surface area contributed by atoms with Gasteiger partial charge in [-0.2, -0.15) is 0 Å². The number of fused-ring (bicyclic) bond motifs is 1. The second-order valence-electron chi connectivity index (χ2n) is 9.96. The predicted molar refractivity (Wildman–Crippen MR) is 133 cm³/mol. The van der Waals surface area contributed by atoms with Crippen LogP contribution in [0.25, 0.3) is 0 Å². The zero-order chi connectivity index (χ0) is 27.3. The van der Waals surface area contributed by atoms with Gasteiger partial charge in [0.2, 0.25) is 17.6 Å². The Morgan fingerprint density at radius 3 is 2.27 bits per heavy atom. The molecule has 1 saturated heterocycles. The summed E-state index contributed by atoms with van der Waals surface area (Å²) in [6.07, 6.45) is 1.80. The number of aliphatic hydroxyl groups excluding tert-OH is 2. The average molecular weight is 523 g/mol. The van der Waals surface area contributed by atoms with Crippen molar-refractivity contribution in [1.82, 2.24) is 10.6 Å². The van der Waals surface area contributed by atoms with E-state index >= 15 is 0 Å². The molecule has 3 unspecified atom stereocenters. The zero-order valence-corrected chi connectivity index (χ0v) is 22.1. The Balaban J connectivity index is 1.71. The van der Waals surface area contributed by atoms with Gasteiger partial charge in [0, 0.05) is 11.5 Å². The molecule has 1 aliphatic carbocycles. The summed E-state index contributed by atoms with van der Waals surface area (Å²) in [4.78, 5) is 39.0. The number of carbonyl (C=O) groups is 3. The standard InChI is InChI=1S/C26H38N2O9/c1-14(2)8-18(23(31)26(12-30)13-37-26)27-25(33)19(11-29)28-24(32)16-7-6-15-10-20(34-3)22(36-5)21(35-4)17(15)9-16/h10,14,16,18-19,29-30H,6-9,11-13H2,1-5H3,(H,27,33)(H,28,32)/t16?,18?,19-,26?/m0/s1. The lowest BCUT2D eigenvalue weighted by Crippen LogP contribution is -2.56. The Hall–Kier alpha value is -2.89. The SMILES string of the molecule is COc1cc2c(c(OC)c1OC)CC(C(=O)N[C@@H](CO)C(=O)NC(CC(C)C)C(=O)C1(CO)CO1)CC2. The first kappa shape index (κ1) is 28.7. The van der Waals surface area contributed by atoms with Gasteiger partial charge in [0.05, 0.1) is 47.2 Å². The number of ketones is 1. The number of amides is 2. The first-order chi connectivity index (χ1) is 17.6. The Bertz CT molecular complexity index is 1010. The largest absolute Gasteiger partial charge is 0.493 e.